The highest BCUT2D eigenvalue weighted by atomic mass is 79.9. The predicted octanol–water partition coefficient (Wildman–Crippen LogP) is 3.59. The van der Waals surface area contributed by atoms with Crippen LogP contribution in [0.2, 0.25) is 0 Å². The Hall–Kier alpha value is -1.32. The van der Waals surface area contributed by atoms with Gasteiger partial charge in [-0.3, -0.25) is 0 Å². The lowest BCUT2D eigenvalue weighted by Crippen LogP contribution is -2.18. The van der Waals surface area contributed by atoms with Gasteiger partial charge in [-0.15, -0.1) is 0 Å². The van der Waals surface area contributed by atoms with Crippen LogP contribution in [0.15, 0.2) is 53.0 Å². The van der Waals surface area contributed by atoms with E-state index in [1.807, 2.05) is 0 Å². The molecule has 0 radical (unpaired) electrons. The lowest BCUT2D eigenvalue weighted by atomic mass is 10.1. The average Bonchev–Trinajstić information content (AvgIpc) is 2.42. The Morgan fingerprint density at radius 3 is 2.42 bits per heavy atom. The van der Waals surface area contributed by atoms with E-state index in [1.54, 1.807) is 0 Å². The Bertz CT molecular complexity index is 523. The molecule has 0 fully saturated rings. The third-order valence-electron chi connectivity index (χ3n) is 3.15. The summed E-state index contributed by atoms with van der Waals surface area (Å²) in [6.45, 7) is 1.58. The fraction of sp³-hybridized carbons (Fsp3) is 0.250. The van der Waals surface area contributed by atoms with Crippen LogP contribution in [-0.4, -0.2) is 13.6 Å². The van der Waals surface area contributed by atoms with Crippen molar-refractivity contribution in [2.45, 2.75) is 13.0 Å². The van der Waals surface area contributed by atoms with Gasteiger partial charge in [0.25, 0.3) is 0 Å². The zero-order valence-electron chi connectivity index (χ0n) is 11.1. The first-order chi connectivity index (χ1) is 9.20. The summed E-state index contributed by atoms with van der Waals surface area (Å²) in [4.78, 5) is 2.27. The van der Waals surface area contributed by atoms with Crippen LogP contribution in [0.1, 0.15) is 11.1 Å². The standard InChI is InChI=1S/C16H19BrN2/c1-19(12-13-6-8-15(17)9-7-13)16-5-3-2-4-14(16)10-11-18/h2-9H,10-12,18H2,1H3. The third kappa shape index (κ3) is 3.82. The van der Waals surface area contributed by atoms with Crippen molar-refractivity contribution in [3.63, 3.8) is 0 Å². The van der Waals surface area contributed by atoms with Crippen molar-refractivity contribution >= 4 is 21.6 Å². The smallest absolute Gasteiger partial charge is 0.0426 e. The summed E-state index contributed by atoms with van der Waals surface area (Å²) in [5.74, 6) is 0. The van der Waals surface area contributed by atoms with E-state index >= 15 is 0 Å². The van der Waals surface area contributed by atoms with Gasteiger partial charge in [0.2, 0.25) is 0 Å². The van der Waals surface area contributed by atoms with Crippen LogP contribution in [0, 0.1) is 0 Å². The molecule has 0 heterocycles. The second-order valence-corrected chi connectivity index (χ2v) is 5.57. The Labute approximate surface area is 123 Å². The van der Waals surface area contributed by atoms with Crippen molar-refractivity contribution in [3.8, 4) is 0 Å². The first kappa shape index (κ1) is 14.1. The molecule has 0 bridgehead atoms. The highest BCUT2D eigenvalue weighted by molar-refractivity contribution is 9.10. The average molecular weight is 319 g/mol. The second kappa shape index (κ2) is 6.73. The summed E-state index contributed by atoms with van der Waals surface area (Å²) in [7, 11) is 2.12. The molecule has 0 amide bonds. The summed E-state index contributed by atoms with van der Waals surface area (Å²) in [5, 5.41) is 0. The quantitative estimate of drug-likeness (QED) is 0.912. The minimum absolute atomic E-state index is 0.684. The van der Waals surface area contributed by atoms with Gasteiger partial charge in [0.1, 0.15) is 0 Å². The van der Waals surface area contributed by atoms with Crippen LogP contribution < -0.4 is 10.6 Å². The number of nitrogens with two attached hydrogens (primary N) is 1. The molecule has 0 aliphatic rings. The van der Waals surface area contributed by atoms with Crippen LogP contribution in [0.25, 0.3) is 0 Å². The van der Waals surface area contributed by atoms with Gasteiger partial charge in [0, 0.05) is 23.8 Å². The van der Waals surface area contributed by atoms with Gasteiger partial charge in [-0.05, 0) is 42.3 Å². The lowest BCUT2D eigenvalue weighted by Gasteiger charge is -2.22. The SMILES string of the molecule is CN(Cc1ccc(Br)cc1)c1ccccc1CCN. The van der Waals surface area contributed by atoms with E-state index < -0.39 is 0 Å². The Balaban J connectivity index is 2.15. The highest BCUT2D eigenvalue weighted by Gasteiger charge is 2.06. The van der Waals surface area contributed by atoms with Crippen molar-refractivity contribution < 1.29 is 0 Å². The third-order valence-corrected chi connectivity index (χ3v) is 3.68. The summed E-state index contributed by atoms with van der Waals surface area (Å²) in [5.41, 5.74) is 9.54. The van der Waals surface area contributed by atoms with Gasteiger partial charge in [-0.2, -0.15) is 0 Å². The first-order valence-electron chi connectivity index (χ1n) is 6.44. The molecule has 0 aromatic heterocycles. The fourth-order valence-corrected chi connectivity index (χ4v) is 2.46. The number of anilines is 1. The molecular weight excluding hydrogens is 300 g/mol. The molecule has 2 N–H and O–H groups in total. The van der Waals surface area contributed by atoms with Gasteiger partial charge in [0.05, 0.1) is 0 Å². The molecule has 0 saturated carbocycles. The molecule has 0 atom stereocenters. The first-order valence-corrected chi connectivity index (χ1v) is 7.23. The molecule has 2 rings (SSSR count). The molecule has 2 aromatic rings. The van der Waals surface area contributed by atoms with Crippen LogP contribution in [0.3, 0.4) is 0 Å². The Morgan fingerprint density at radius 1 is 1.05 bits per heavy atom. The van der Waals surface area contributed by atoms with Gasteiger partial charge >= 0.3 is 0 Å². The number of nitrogens with zero attached hydrogens (tertiary/aromatic N) is 1. The van der Waals surface area contributed by atoms with Crippen molar-refractivity contribution in [1.82, 2.24) is 0 Å². The van der Waals surface area contributed by atoms with E-state index in [-0.39, 0.29) is 0 Å². The van der Waals surface area contributed by atoms with E-state index in [9.17, 15) is 0 Å². The molecule has 100 valence electrons. The summed E-state index contributed by atoms with van der Waals surface area (Å²) in [6.07, 6.45) is 0.918. The zero-order chi connectivity index (χ0) is 13.7. The minimum atomic E-state index is 0.684. The number of halogens is 1. The largest absolute Gasteiger partial charge is 0.370 e. The maximum atomic E-state index is 5.68. The molecule has 2 aromatic carbocycles. The van der Waals surface area contributed by atoms with Gasteiger partial charge in [0.15, 0.2) is 0 Å². The molecular formula is C16H19BrN2. The van der Waals surface area contributed by atoms with Crippen LogP contribution in [0.4, 0.5) is 5.69 Å². The normalized spacial score (nSPS) is 10.5. The van der Waals surface area contributed by atoms with E-state index in [1.165, 1.54) is 16.8 Å². The van der Waals surface area contributed by atoms with E-state index in [0.29, 0.717) is 6.54 Å². The zero-order valence-corrected chi connectivity index (χ0v) is 12.7. The van der Waals surface area contributed by atoms with Gasteiger partial charge < -0.3 is 10.6 Å². The second-order valence-electron chi connectivity index (χ2n) is 4.65. The van der Waals surface area contributed by atoms with Crippen LogP contribution in [-0.2, 0) is 13.0 Å². The summed E-state index contributed by atoms with van der Waals surface area (Å²) < 4.78 is 1.11. The molecule has 0 aliphatic carbocycles. The number of para-hydroxylation sites is 1. The van der Waals surface area contributed by atoms with Gasteiger partial charge in [-0.1, -0.05) is 46.3 Å². The molecule has 0 saturated heterocycles. The molecule has 0 aliphatic heterocycles. The van der Waals surface area contributed by atoms with Crippen molar-refractivity contribution in [1.29, 1.82) is 0 Å². The topological polar surface area (TPSA) is 29.3 Å². The number of benzene rings is 2. The van der Waals surface area contributed by atoms with Crippen molar-refractivity contribution in [2.75, 3.05) is 18.5 Å². The van der Waals surface area contributed by atoms with E-state index in [0.717, 1.165) is 17.4 Å². The maximum Gasteiger partial charge on any atom is 0.0426 e. The fourth-order valence-electron chi connectivity index (χ4n) is 2.20. The Kier molecular flexibility index (Phi) is 5.00. The van der Waals surface area contributed by atoms with Gasteiger partial charge in [-0.25, -0.2) is 0 Å². The van der Waals surface area contributed by atoms with Crippen molar-refractivity contribution in [3.05, 3.63) is 64.1 Å². The highest BCUT2D eigenvalue weighted by Crippen LogP contribution is 2.21. The summed E-state index contributed by atoms with van der Waals surface area (Å²) in [6, 6.07) is 16.9. The van der Waals surface area contributed by atoms with E-state index in [4.69, 9.17) is 5.73 Å². The monoisotopic (exact) mass is 318 g/mol. The van der Waals surface area contributed by atoms with E-state index in [2.05, 4.69) is 76.4 Å². The van der Waals surface area contributed by atoms with Crippen LogP contribution in [0.5, 0.6) is 0 Å². The van der Waals surface area contributed by atoms with Crippen LogP contribution >= 0.6 is 15.9 Å². The Morgan fingerprint density at radius 2 is 1.74 bits per heavy atom. The number of hydrogen-bond acceptors (Lipinski definition) is 2. The predicted molar refractivity (Wildman–Crippen MR) is 85.4 cm³/mol. The van der Waals surface area contributed by atoms with Crippen molar-refractivity contribution in [2.24, 2.45) is 5.73 Å². The summed E-state index contributed by atoms with van der Waals surface area (Å²) >= 11 is 3.46. The maximum absolute atomic E-state index is 5.68. The molecule has 19 heavy (non-hydrogen) atoms. The molecule has 2 nitrogen and oxygen atoms in total. The molecule has 0 spiro atoms. The lowest BCUT2D eigenvalue weighted by molar-refractivity contribution is 0.892. The molecule has 0 unspecified atom stereocenters. The number of hydrogen-bond donors (Lipinski definition) is 1. The molecule has 3 heteroatoms. The number of rotatable bonds is 5. The minimum Gasteiger partial charge on any atom is -0.370 e.